The molecule has 0 heterocycles. The van der Waals surface area contributed by atoms with E-state index >= 15 is 0 Å². The SMILES string of the molecule is Cc1ccc(O)c(C[C@H](C)CO)c1. The third-order valence-corrected chi connectivity index (χ3v) is 2.12. The minimum absolute atomic E-state index is 0.160. The summed E-state index contributed by atoms with van der Waals surface area (Å²) in [6, 6.07) is 5.54. The molecule has 0 fully saturated rings. The van der Waals surface area contributed by atoms with Gasteiger partial charge >= 0.3 is 0 Å². The molecule has 0 spiro atoms. The van der Waals surface area contributed by atoms with Gasteiger partial charge in [-0.3, -0.25) is 0 Å². The molecule has 0 aliphatic carbocycles. The van der Waals surface area contributed by atoms with Crippen molar-refractivity contribution in [1.29, 1.82) is 0 Å². The molecule has 0 radical (unpaired) electrons. The molecule has 0 aliphatic rings. The lowest BCUT2D eigenvalue weighted by Crippen LogP contribution is -2.04. The van der Waals surface area contributed by atoms with Crippen LogP contribution in [0.15, 0.2) is 18.2 Å². The van der Waals surface area contributed by atoms with Crippen LogP contribution >= 0.6 is 0 Å². The summed E-state index contributed by atoms with van der Waals surface area (Å²) in [5, 5.41) is 18.4. The van der Waals surface area contributed by atoms with E-state index in [1.807, 2.05) is 26.0 Å². The first-order valence-electron chi connectivity index (χ1n) is 4.53. The third-order valence-electron chi connectivity index (χ3n) is 2.12. The predicted octanol–water partition coefficient (Wildman–Crippen LogP) is 1.87. The van der Waals surface area contributed by atoms with Crippen LogP contribution in [0.25, 0.3) is 0 Å². The zero-order valence-electron chi connectivity index (χ0n) is 8.12. The van der Waals surface area contributed by atoms with Gasteiger partial charge in [0.15, 0.2) is 0 Å². The number of hydrogen-bond donors (Lipinski definition) is 2. The lowest BCUT2D eigenvalue weighted by Gasteiger charge is -2.09. The van der Waals surface area contributed by atoms with Crippen LogP contribution in [0, 0.1) is 12.8 Å². The van der Waals surface area contributed by atoms with Crippen molar-refractivity contribution in [3.05, 3.63) is 29.3 Å². The highest BCUT2D eigenvalue weighted by atomic mass is 16.3. The molecule has 1 aromatic rings. The molecule has 1 rings (SSSR count). The summed E-state index contributed by atoms with van der Waals surface area (Å²) in [4.78, 5) is 0. The Morgan fingerprint density at radius 1 is 1.38 bits per heavy atom. The molecule has 2 heteroatoms. The van der Waals surface area contributed by atoms with E-state index in [1.54, 1.807) is 6.07 Å². The maximum absolute atomic E-state index is 9.50. The summed E-state index contributed by atoms with van der Waals surface area (Å²) < 4.78 is 0. The zero-order chi connectivity index (χ0) is 9.84. The second-order valence-electron chi connectivity index (χ2n) is 3.62. The van der Waals surface area contributed by atoms with Gasteiger partial charge in [-0.05, 0) is 30.9 Å². The lowest BCUT2D eigenvalue weighted by molar-refractivity contribution is 0.236. The smallest absolute Gasteiger partial charge is 0.118 e. The molecule has 0 unspecified atom stereocenters. The molecule has 0 amide bonds. The van der Waals surface area contributed by atoms with E-state index in [9.17, 15) is 5.11 Å². The highest BCUT2D eigenvalue weighted by molar-refractivity contribution is 5.35. The fourth-order valence-electron chi connectivity index (χ4n) is 1.32. The summed E-state index contributed by atoms with van der Waals surface area (Å²) in [5.41, 5.74) is 2.06. The predicted molar refractivity (Wildman–Crippen MR) is 52.8 cm³/mol. The van der Waals surface area contributed by atoms with Gasteiger partial charge in [0.1, 0.15) is 5.75 Å². The van der Waals surface area contributed by atoms with Crippen LogP contribution in [0.3, 0.4) is 0 Å². The van der Waals surface area contributed by atoms with Crippen LogP contribution in [-0.2, 0) is 6.42 Å². The third kappa shape index (κ3) is 2.74. The van der Waals surface area contributed by atoms with Gasteiger partial charge in [0.05, 0.1) is 0 Å². The first-order chi connectivity index (χ1) is 6.13. The van der Waals surface area contributed by atoms with Crippen molar-refractivity contribution < 1.29 is 10.2 Å². The topological polar surface area (TPSA) is 40.5 Å². The Balaban J connectivity index is 2.81. The van der Waals surface area contributed by atoms with Gasteiger partial charge in [-0.15, -0.1) is 0 Å². The van der Waals surface area contributed by atoms with Crippen LogP contribution in [0.4, 0.5) is 0 Å². The standard InChI is InChI=1S/C11H16O2/c1-8-3-4-11(13)10(5-8)6-9(2)7-12/h3-5,9,12-13H,6-7H2,1-2H3/t9-/m0/s1. The van der Waals surface area contributed by atoms with Crippen LogP contribution in [-0.4, -0.2) is 16.8 Å². The van der Waals surface area contributed by atoms with Crippen molar-refractivity contribution in [2.24, 2.45) is 5.92 Å². The van der Waals surface area contributed by atoms with E-state index in [4.69, 9.17) is 5.11 Å². The molecule has 1 aromatic carbocycles. The molecule has 1 atom stereocenters. The number of benzene rings is 1. The molecule has 0 aliphatic heterocycles. The lowest BCUT2D eigenvalue weighted by atomic mass is 10.00. The second-order valence-corrected chi connectivity index (χ2v) is 3.62. The fraction of sp³-hybridized carbons (Fsp3) is 0.455. The normalized spacial score (nSPS) is 12.8. The van der Waals surface area contributed by atoms with Gasteiger partial charge in [-0.1, -0.05) is 24.6 Å². The molecule has 2 N–H and O–H groups in total. The van der Waals surface area contributed by atoms with Crippen molar-refractivity contribution >= 4 is 0 Å². The molecular formula is C11H16O2. The molecule has 0 bridgehead atoms. The van der Waals surface area contributed by atoms with Crippen molar-refractivity contribution in [3.8, 4) is 5.75 Å². The molecule has 13 heavy (non-hydrogen) atoms. The van der Waals surface area contributed by atoms with E-state index < -0.39 is 0 Å². The van der Waals surface area contributed by atoms with E-state index in [2.05, 4.69) is 0 Å². The Bertz CT molecular complexity index is 281. The van der Waals surface area contributed by atoms with Crippen LogP contribution in [0.1, 0.15) is 18.1 Å². The molecule has 2 nitrogen and oxygen atoms in total. The Morgan fingerprint density at radius 2 is 2.08 bits per heavy atom. The van der Waals surface area contributed by atoms with E-state index in [0.717, 1.165) is 17.5 Å². The van der Waals surface area contributed by atoms with E-state index in [0.29, 0.717) is 5.75 Å². The summed E-state index contributed by atoms with van der Waals surface area (Å²) in [5.74, 6) is 0.526. The number of aliphatic hydroxyl groups excluding tert-OH is 1. The first kappa shape index (κ1) is 10.1. The maximum Gasteiger partial charge on any atom is 0.118 e. The first-order valence-corrected chi connectivity index (χ1v) is 4.53. The van der Waals surface area contributed by atoms with Gasteiger partial charge in [-0.2, -0.15) is 0 Å². The Morgan fingerprint density at radius 3 is 2.69 bits per heavy atom. The Labute approximate surface area is 78.8 Å². The van der Waals surface area contributed by atoms with Crippen molar-refractivity contribution in [3.63, 3.8) is 0 Å². The second kappa shape index (κ2) is 4.28. The number of phenolic OH excluding ortho intramolecular Hbond substituents is 1. The summed E-state index contributed by atoms with van der Waals surface area (Å²) in [6.07, 6.45) is 0.726. The largest absolute Gasteiger partial charge is 0.508 e. The average molecular weight is 180 g/mol. The zero-order valence-corrected chi connectivity index (χ0v) is 8.12. The molecule has 72 valence electrons. The Hall–Kier alpha value is -1.02. The van der Waals surface area contributed by atoms with Crippen molar-refractivity contribution in [2.75, 3.05) is 6.61 Å². The number of rotatable bonds is 3. The van der Waals surface area contributed by atoms with E-state index in [1.165, 1.54) is 0 Å². The van der Waals surface area contributed by atoms with Crippen LogP contribution < -0.4 is 0 Å². The van der Waals surface area contributed by atoms with Gasteiger partial charge < -0.3 is 10.2 Å². The van der Waals surface area contributed by atoms with Crippen LogP contribution in [0.5, 0.6) is 5.75 Å². The fourth-order valence-corrected chi connectivity index (χ4v) is 1.32. The number of aryl methyl sites for hydroxylation is 1. The highest BCUT2D eigenvalue weighted by Gasteiger charge is 2.06. The van der Waals surface area contributed by atoms with Gasteiger partial charge in [0.25, 0.3) is 0 Å². The monoisotopic (exact) mass is 180 g/mol. The van der Waals surface area contributed by atoms with Gasteiger partial charge in [-0.25, -0.2) is 0 Å². The molecule has 0 saturated carbocycles. The quantitative estimate of drug-likeness (QED) is 0.745. The minimum Gasteiger partial charge on any atom is -0.508 e. The molecule has 0 aromatic heterocycles. The Kier molecular flexibility index (Phi) is 3.32. The van der Waals surface area contributed by atoms with Crippen molar-refractivity contribution in [1.82, 2.24) is 0 Å². The number of hydrogen-bond acceptors (Lipinski definition) is 2. The van der Waals surface area contributed by atoms with Gasteiger partial charge in [0, 0.05) is 6.61 Å². The number of phenols is 1. The summed E-state index contributed by atoms with van der Waals surface area (Å²) in [7, 11) is 0. The van der Waals surface area contributed by atoms with Crippen molar-refractivity contribution in [2.45, 2.75) is 20.3 Å². The van der Waals surface area contributed by atoms with Gasteiger partial charge in [0.2, 0.25) is 0 Å². The van der Waals surface area contributed by atoms with E-state index in [-0.39, 0.29) is 12.5 Å². The molecular weight excluding hydrogens is 164 g/mol. The number of aliphatic hydroxyl groups is 1. The average Bonchev–Trinajstić information content (AvgIpc) is 2.11. The highest BCUT2D eigenvalue weighted by Crippen LogP contribution is 2.21. The molecule has 0 saturated heterocycles. The summed E-state index contributed by atoms with van der Waals surface area (Å²) in [6.45, 7) is 4.11. The summed E-state index contributed by atoms with van der Waals surface area (Å²) >= 11 is 0. The minimum atomic E-state index is 0.160. The van der Waals surface area contributed by atoms with Crippen LogP contribution in [0.2, 0.25) is 0 Å². The number of aromatic hydroxyl groups is 1. The maximum atomic E-state index is 9.50.